The molecule has 0 saturated heterocycles. The average Bonchev–Trinajstić information content (AvgIpc) is 2.83. The molecule has 98 valence electrons. The van der Waals surface area contributed by atoms with Gasteiger partial charge in [-0.25, -0.2) is 9.78 Å². The van der Waals surface area contributed by atoms with Gasteiger partial charge in [-0.1, -0.05) is 0 Å². The van der Waals surface area contributed by atoms with Crippen LogP contribution in [0.1, 0.15) is 26.4 Å². The number of hydrogen-bond acceptors (Lipinski definition) is 5. The van der Waals surface area contributed by atoms with Crippen LogP contribution in [-0.2, 0) is 4.74 Å². The van der Waals surface area contributed by atoms with Crippen LogP contribution < -0.4 is 5.32 Å². The van der Waals surface area contributed by atoms with E-state index in [1.807, 2.05) is 12.3 Å². The van der Waals surface area contributed by atoms with Crippen LogP contribution in [-0.4, -0.2) is 24.0 Å². The molecule has 0 spiro atoms. The molecule has 2 rings (SSSR count). The highest BCUT2D eigenvalue weighted by Crippen LogP contribution is 2.16. The molecule has 0 atom stereocenters. The fourth-order valence-electron chi connectivity index (χ4n) is 1.46. The van der Waals surface area contributed by atoms with Crippen LogP contribution in [0.2, 0.25) is 0 Å². The lowest BCUT2D eigenvalue weighted by Crippen LogP contribution is -2.12. The van der Waals surface area contributed by atoms with E-state index < -0.39 is 5.97 Å². The van der Waals surface area contributed by atoms with Gasteiger partial charge in [0.1, 0.15) is 0 Å². The standard InChI is InChI=1S/C13H12N2O3S/c1-8-7-19-13(14-8)15-11(16)9-3-5-10(6-4-9)12(17)18-2/h3-7H,1-2H3,(H,14,15,16). The van der Waals surface area contributed by atoms with E-state index in [2.05, 4.69) is 15.0 Å². The van der Waals surface area contributed by atoms with Gasteiger partial charge in [0.25, 0.3) is 5.91 Å². The molecule has 0 aliphatic heterocycles. The fraction of sp³-hybridized carbons (Fsp3) is 0.154. The van der Waals surface area contributed by atoms with Crippen molar-refractivity contribution in [3.63, 3.8) is 0 Å². The Hall–Kier alpha value is -2.21. The maximum atomic E-state index is 11.9. The second-order valence-electron chi connectivity index (χ2n) is 3.82. The number of thiazole rings is 1. The van der Waals surface area contributed by atoms with Gasteiger partial charge >= 0.3 is 5.97 Å². The van der Waals surface area contributed by atoms with Gasteiger partial charge < -0.3 is 4.74 Å². The van der Waals surface area contributed by atoms with E-state index in [1.165, 1.54) is 18.4 Å². The van der Waals surface area contributed by atoms with E-state index >= 15 is 0 Å². The van der Waals surface area contributed by atoms with Crippen molar-refractivity contribution < 1.29 is 14.3 Å². The molecule has 0 unspecified atom stereocenters. The van der Waals surface area contributed by atoms with Crippen molar-refractivity contribution in [2.75, 3.05) is 12.4 Å². The van der Waals surface area contributed by atoms with E-state index in [0.29, 0.717) is 16.3 Å². The number of benzene rings is 1. The topological polar surface area (TPSA) is 68.3 Å². The number of methoxy groups -OCH3 is 1. The Bertz CT molecular complexity index is 605. The molecule has 1 aromatic heterocycles. The minimum atomic E-state index is -0.428. The van der Waals surface area contributed by atoms with Crippen molar-refractivity contribution in [3.8, 4) is 0 Å². The predicted molar refractivity (Wildman–Crippen MR) is 72.6 cm³/mol. The van der Waals surface area contributed by atoms with Crippen LogP contribution in [0.5, 0.6) is 0 Å². The quantitative estimate of drug-likeness (QED) is 0.874. The molecule has 0 aliphatic carbocycles. The maximum absolute atomic E-state index is 11.9. The molecular formula is C13H12N2O3S. The third-order valence-electron chi connectivity index (χ3n) is 2.41. The normalized spacial score (nSPS) is 10.0. The van der Waals surface area contributed by atoms with Crippen LogP contribution >= 0.6 is 11.3 Å². The number of nitrogens with one attached hydrogen (secondary N) is 1. The van der Waals surface area contributed by atoms with Gasteiger partial charge in [0, 0.05) is 10.9 Å². The summed E-state index contributed by atoms with van der Waals surface area (Å²) < 4.78 is 4.59. The Morgan fingerprint density at radius 1 is 1.21 bits per heavy atom. The lowest BCUT2D eigenvalue weighted by Gasteiger charge is -2.03. The molecule has 1 aromatic carbocycles. The van der Waals surface area contributed by atoms with Crippen LogP contribution in [0.3, 0.4) is 0 Å². The van der Waals surface area contributed by atoms with Gasteiger partial charge in [-0.15, -0.1) is 11.3 Å². The van der Waals surface area contributed by atoms with Crippen LogP contribution in [0.25, 0.3) is 0 Å². The summed E-state index contributed by atoms with van der Waals surface area (Å²) in [4.78, 5) is 27.3. The SMILES string of the molecule is COC(=O)c1ccc(C(=O)Nc2nc(C)cs2)cc1. The zero-order valence-corrected chi connectivity index (χ0v) is 11.3. The summed E-state index contributed by atoms with van der Waals surface area (Å²) in [6.45, 7) is 1.86. The third kappa shape index (κ3) is 3.17. The van der Waals surface area contributed by atoms with Crippen molar-refractivity contribution in [1.29, 1.82) is 0 Å². The van der Waals surface area contributed by atoms with Crippen LogP contribution in [0.4, 0.5) is 5.13 Å². The summed E-state index contributed by atoms with van der Waals surface area (Å²) in [5.41, 5.74) is 1.73. The first-order valence-electron chi connectivity index (χ1n) is 5.52. The molecule has 1 amide bonds. The zero-order valence-electron chi connectivity index (χ0n) is 10.5. The van der Waals surface area contributed by atoms with Crippen molar-refractivity contribution in [2.24, 2.45) is 0 Å². The number of ether oxygens (including phenoxy) is 1. The summed E-state index contributed by atoms with van der Waals surface area (Å²) in [5.74, 6) is -0.687. The number of esters is 1. The van der Waals surface area contributed by atoms with E-state index in [0.717, 1.165) is 5.69 Å². The van der Waals surface area contributed by atoms with E-state index in [-0.39, 0.29) is 5.91 Å². The molecule has 0 aliphatic rings. The molecule has 1 heterocycles. The third-order valence-corrected chi connectivity index (χ3v) is 3.28. The summed E-state index contributed by atoms with van der Waals surface area (Å²) in [7, 11) is 1.31. The number of aryl methyl sites for hydroxylation is 1. The Balaban J connectivity index is 2.09. The summed E-state index contributed by atoms with van der Waals surface area (Å²) in [6.07, 6.45) is 0. The number of hydrogen-bond donors (Lipinski definition) is 1. The number of rotatable bonds is 3. The number of anilines is 1. The number of nitrogens with zero attached hydrogens (tertiary/aromatic N) is 1. The smallest absolute Gasteiger partial charge is 0.337 e. The Morgan fingerprint density at radius 3 is 2.37 bits per heavy atom. The minimum absolute atomic E-state index is 0.259. The largest absolute Gasteiger partial charge is 0.465 e. The van der Waals surface area contributed by atoms with Gasteiger partial charge in [0.15, 0.2) is 5.13 Å². The number of carbonyl (C=O) groups is 2. The molecule has 0 fully saturated rings. The van der Waals surface area contributed by atoms with Gasteiger partial charge in [0.2, 0.25) is 0 Å². The van der Waals surface area contributed by atoms with E-state index in [9.17, 15) is 9.59 Å². The highest BCUT2D eigenvalue weighted by atomic mass is 32.1. The van der Waals surface area contributed by atoms with Gasteiger partial charge in [-0.05, 0) is 31.2 Å². The van der Waals surface area contributed by atoms with Crippen molar-refractivity contribution in [3.05, 3.63) is 46.5 Å². The zero-order chi connectivity index (χ0) is 13.8. The number of carbonyl (C=O) groups excluding carboxylic acids is 2. The molecule has 1 N–H and O–H groups in total. The molecular weight excluding hydrogens is 264 g/mol. The van der Waals surface area contributed by atoms with Crippen LogP contribution in [0, 0.1) is 6.92 Å². The second kappa shape index (κ2) is 5.62. The fourth-order valence-corrected chi connectivity index (χ4v) is 2.14. The maximum Gasteiger partial charge on any atom is 0.337 e. The second-order valence-corrected chi connectivity index (χ2v) is 4.68. The van der Waals surface area contributed by atoms with Gasteiger partial charge in [0.05, 0.1) is 18.4 Å². The molecule has 0 bridgehead atoms. The summed E-state index contributed by atoms with van der Waals surface area (Å²) in [5, 5.41) is 5.11. The molecule has 0 radical (unpaired) electrons. The monoisotopic (exact) mass is 276 g/mol. The highest BCUT2D eigenvalue weighted by molar-refractivity contribution is 7.13. The lowest BCUT2D eigenvalue weighted by atomic mass is 10.1. The molecule has 6 heteroatoms. The predicted octanol–water partition coefficient (Wildman–Crippen LogP) is 2.49. The number of aromatic nitrogens is 1. The first kappa shape index (κ1) is 13.2. The molecule has 5 nitrogen and oxygen atoms in total. The Labute approximate surface area is 114 Å². The van der Waals surface area contributed by atoms with E-state index in [1.54, 1.807) is 24.3 Å². The molecule has 2 aromatic rings. The van der Waals surface area contributed by atoms with E-state index in [4.69, 9.17) is 0 Å². The molecule has 0 saturated carbocycles. The highest BCUT2D eigenvalue weighted by Gasteiger charge is 2.10. The summed E-state index contributed by atoms with van der Waals surface area (Å²) in [6, 6.07) is 6.24. The summed E-state index contributed by atoms with van der Waals surface area (Å²) >= 11 is 1.37. The first-order chi connectivity index (χ1) is 9.10. The average molecular weight is 276 g/mol. The van der Waals surface area contributed by atoms with Crippen molar-refractivity contribution >= 4 is 28.3 Å². The van der Waals surface area contributed by atoms with Crippen LogP contribution in [0.15, 0.2) is 29.6 Å². The first-order valence-corrected chi connectivity index (χ1v) is 6.40. The van der Waals surface area contributed by atoms with Crippen molar-refractivity contribution in [2.45, 2.75) is 6.92 Å². The Morgan fingerprint density at radius 2 is 1.84 bits per heavy atom. The Kier molecular flexibility index (Phi) is 3.91. The lowest BCUT2D eigenvalue weighted by molar-refractivity contribution is 0.0600. The number of amides is 1. The van der Waals surface area contributed by atoms with Gasteiger partial charge in [-0.2, -0.15) is 0 Å². The minimum Gasteiger partial charge on any atom is -0.465 e. The molecule has 19 heavy (non-hydrogen) atoms. The van der Waals surface area contributed by atoms with Gasteiger partial charge in [-0.3, -0.25) is 10.1 Å². The van der Waals surface area contributed by atoms with Crippen molar-refractivity contribution in [1.82, 2.24) is 4.98 Å².